The fourth-order valence-electron chi connectivity index (χ4n) is 2.95. The van der Waals surface area contributed by atoms with Gasteiger partial charge in [-0.05, 0) is 92.1 Å². The summed E-state index contributed by atoms with van der Waals surface area (Å²) in [6.45, 7) is 5.86. The van der Waals surface area contributed by atoms with Crippen LogP contribution in [0.3, 0.4) is 0 Å². The minimum Gasteiger partial charge on any atom is -0.481 e. The first-order valence-electron chi connectivity index (χ1n) is 10.1. The van der Waals surface area contributed by atoms with Gasteiger partial charge in [0.05, 0.1) is 4.90 Å². The standard InChI is InChI=1S/C24H25ClN2O4S/c1-4-23(31-21-12-5-16(2)17(3)15-21)24(28)26-19-10-13-22(14-11-19)32(29,30)27-20-8-6-18(25)7-9-20/h5-15,23,27H,4H2,1-3H3,(H,26,28). The molecule has 0 aliphatic carbocycles. The van der Waals surface area contributed by atoms with Crippen molar-refractivity contribution in [3.05, 3.63) is 82.9 Å². The summed E-state index contributed by atoms with van der Waals surface area (Å²) in [4.78, 5) is 12.7. The van der Waals surface area contributed by atoms with Gasteiger partial charge in [-0.3, -0.25) is 9.52 Å². The molecule has 0 spiro atoms. The monoisotopic (exact) mass is 472 g/mol. The summed E-state index contributed by atoms with van der Waals surface area (Å²) >= 11 is 5.83. The molecule has 6 nitrogen and oxygen atoms in total. The molecule has 0 fully saturated rings. The van der Waals surface area contributed by atoms with Crippen LogP contribution in [0, 0.1) is 13.8 Å². The van der Waals surface area contributed by atoms with Gasteiger partial charge in [-0.1, -0.05) is 24.6 Å². The molecule has 3 aromatic rings. The Bertz CT molecular complexity index is 1190. The number of hydrogen-bond donors (Lipinski definition) is 2. The smallest absolute Gasteiger partial charge is 0.265 e. The van der Waals surface area contributed by atoms with Gasteiger partial charge < -0.3 is 10.1 Å². The Labute approximate surface area is 193 Å². The summed E-state index contributed by atoms with van der Waals surface area (Å²) in [5.74, 6) is 0.324. The summed E-state index contributed by atoms with van der Waals surface area (Å²) in [5, 5.41) is 3.29. The first-order chi connectivity index (χ1) is 15.2. The predicted molar refractivity (Wildman–Crippen MR) is 128 cm³/mol. The van der Waals surface area contributed by atoms with Crippen molar-refractivity contribution in [1.82, 2.24) is 0 Å². The Morgan fingerprint density at radius 3 is 2.16 bits per heavy atom. The molecule has 0 aromatic heterocycles. The molecule has 32 heavy (non-hydrogen) atoms. The van der Waals surface area contributed by atoms with Crippen LogP contribution in [-0.2, 0) is 14.8 Å². The van der Waals surface area contributed by atoms with E-state index in [0.717, 1.165) is 11.1 Å². The third-order valence-electron chi connectivity index (χ3n) is 4.95. The first-order valence-corrected chi connectivity index (χ1v) is 12.0. The number of amides is 1. The summed E-state index contributed by atoms with van der Waals surface area (Å²) in [7, 11) is -3.77. The molecular formula is C24H25ClN2O4S. The molecule has 1 atom stereocenters. The minimum atomic E-state index is -3.77. The zero-order valence-electron chi connectivity index (χ0n) is 18.1. The lowest BCUT2D eigenvalue weighted by Crippen LogP contribution is -2.32. The van der Waals surface area contributed by atoms with Gasteiger partial charge in [0.1, 0.15) is 5.75 Å². The Hall–Kier alpha value is -3.03. The summed E-state index contributed by atoms with van der Waals surface area (Å²) in [5.41, 5.74) is 3.11. The molecule has 3 rings (SSSR count). The molecule has 0 radical (unpaired) electrons. The van der Waals surface area contributed by atoms with Crippen LogP contribution in [-0.4, -0.2) is 20.4 Å². The van der Waals surface area contributed by atoms with Crippen molar-refractivity contribution in [3.63, 3.8) is 0 Å². The number of rotatable bonds is 8. The molecule has 3 aromatic carbocycles. The van der Waals surface area contributed by atoms with E-state index in [1.807, 2.05) is 39.0 Å². The highest BCUT2D eigenvalue weighted by Gasteiger charge is 2.20. The van der Waals surface area contributed by atoms with Crippen molar-refractivity contribution in [2.45, 2.75) is 38.2 Å². The van der Waals surface area contributed by atoms with E-state index in [-0.39, 0.29) is 10.8 Å². The van der Waals surface area contributed by atoms with Crippen LogP contribution in [0.1, 0.15) is 24.5 Å². The summed E-state index contributed by atoms with van der Waals surface area (Å²) < 4.78 is 33.5. The van der Waals surface area contributed by atoms with E-state index in [2.05, 4.69) is 10.0 Å². The van der Waals surface area contributed by atoms with E-state index in [1.54, 1.807) is 24.3 Å². The lowest BCUT2D eigenvalue weighted by Gasteiger charge is -2.18. The maximum absolute atomic E-state index is 12.7. The zero-order chi connectivity index (χ0) is 23.3. The van der Waals surface area contributed by atoms with Crippen LogP contribution in [0.4, 0.5) is 11.4 Å². The van der Waals surface area contributed by atoms with Crippen LogP contribution >= 0.6 is 11.6 Å². The van der Waals surface area contributed by atoms with Crippen molar-refractivity contribution in [2.24, 2.45) is 0 Å². The van der Waals surface area contributed by atoms with E-state index in [1.165, 1.54) is 24.3 Å². The molecule has 8 heteroatoms. The van der Waals surface area contributed by atoms with E-state index in [4.69, 9.17) is 16.3 Å². The average molecular weight is 473 g/mol. The summed E-state index contributed by atoms with van der Waals surface area (Å²) in [6.07, 6.45) is -0.192. The van der Waals surface area contributed by atoms with E-state index >= 15 is 0 Å². The average Bonchev–Trinajstić information content (AvgIpc) is 2.76. The molecule has 0 saturated carbocycles. The molecule has 0 heterocycles. The van der Waals surface area contributed by atoms with Crippen molar-refractivity contribution in [2.75, 3.05) is 10.0 Å². The molecule has 2 N–H and O–H groups in total. The zero-order valence-corrected chi connectivity index (χ0v) is 19.6. The topological polar surface area (TPSA) is 84.5 Å². The van der Waals surface area contributed by atoms with Crippen LogP contribution in [0.25, 0.3) is 0 Å². The second kappa shape index (κ2) is 10.1. The van der Waals surface area contributed by atoms with Crippen LogP contribution in [0.2, 0.25) is 5.02 Å². The van der Waals surface area contributed by atoms with Crippen molar-refractivity contribution < 1.29 is 17.9 Å². The Morgan fingerprint density at radius 1 is 0.938 bits per heavy atom. The highest BCUT2D eigenvalue weighted by Crippen LogP contribution is 2.22. The highest BCUT2D eigenvalue weighted by atomic mass is 35.5. The number of anilines is 2. The van der Waals surface area contributed by atoms with Gasteiger partial charge in [0.15, 0.2) is 6.10 Å². The summed E-state index contributed by atoms with van der Waals surface area (Å²) in [6, 6.07) is 18.0. The number of nitrogens with one attached hydrogen (secondary N) is 2. The number of carbonyl (C=O) groups excluding carboxylic acids is 1. The Kier molecular flexibility index (Phi) is 7.43. The SMILES string of the molecule is CCC(Oc1ccc(C)c(C)c1)C(=O)Nc1ccc(S(=O)(=O)Nc2ccc(Cl)cc2)cc1. The van der Waals surface area contributed by atoms with Gasteiger partial charge in [-0.15, -0.1) is 0 Å². The van der Waals surface area contributed by atoms with Gasteiger partial charge in [0.25, 0.3) is 15.9 Å². The Balaban J connectivity index is 1.66. The molecule has 0 bridgehead atoms. The molecule has 0 saturated heterocycles. The second-order valence-corrected chi connectivity index (χ2v) is 9.51. The van der Waals surface area contributed by atoms with Crippen LogP contribution in [0.15, 0.2) is 71.6 Å². The number of sulfonamides is 1. The van der Waals surface area contributed by atoms with E-state index < -0.39 is 16.1 Å². The number of ether oxygens (including phenoxy) is 1. The molecule has 0 aliphatic rings. The van der Waals surface area contributed by atoms with Crippen molar-refractivity contribution in [1.29, 1.82) is 0 Å². The molecular weight excluding hydrogens is 448 g/mol. The number of halogens is 1. The number of carbonyl (C=O) groups is 1. The number of aryl methyl sites for hydroxylation is 2. The lowest BCUT2D eigenvalue weighted by atomic mass is 10.1. The number of benzene rings is 3. The number of hydrogen-bond acceptors (Lipinski definition) is 4. The third kappa shape index (κ3) is 6.02. The fourth-order valence-corrected chi connectivity index (χ4v) is 4.13. The quantitative estimate of drug-likeness (QED) is 0.450. The fraction of sp³-hybridized carbons (Fsp3) is 0.208. The normalized spacial score (nSPS) is 12.1. The Morgan fingerprint density at radius 2 is 1.56 bits per heavy atom. The molecule has 1 amide bonds. The van der Waals surface area contributed by atoms with Gasteiger partial charge >= 0.3 is 0 Å². The lowest BCUT2D eigenvalue weighted by molar-refractivity contribution is -0.122. The first kappa shape index (κ1) is 23.6. The van der Waals surface area contributed by atoms with Gasteiger partial charge in [-0.2, -0.15) is 0 Å². The second-order valence-electron chi connectivity index (χ2n) is 7.39. The van der Waals surface area contributed by atoms with Crippen LogP contribution < -0.4 is 14.8 Å². The maximum atomic E-state index is 12.7. The third-order valence-corrected chi connectivity index (χ3v) is 6.60. The van der Waals surface area contributed by atoms with Gasteiger partial charge in [0, 0.05) is 16.4 Å². The molecule has 168 valence electrons. The van der Waals surface area contributed by atoms with Gasteiger partial charge in [-0.25, -0.2) is 8.42 Å². The van der Waals surface area contributed by atoms with Crippen LogP contribution in [0.5, 0.6) is 5.75 Å². The van der Waals surface area contributed by atoms with Gasteiger partial charge in [0.2, 0.25) is 0 Å². The molecule has 1 unspecified atom stereocenters. The largest absolute Gasteiger partial charge is 0.481 e. The van der Waals surface area contributed by atoms with E-state index in [9.17, 15) is 13.2 Å². The molecule has 0 aliphatic heterocycles. The van der Waals surface area contributed by atoms with Crippen molar-refractivity contribution in [3.8, 4) is 5.75 Å². The van der Waals surface area contributed by atoms with Crippen molar-refractivity contribution >= 4 is 38.9 Å². The maximum Gasteiger partial charge on any atom is 0.265 e. The van der Waals surface area contributed by atoms with E-state index in [0.29, 0.717) is 28.6 Å². The minimum absolute atomic E-state index is 0.0730. The predicted octanol–water partition coefficient (Wildman–Crippen LogP) is 5.55. The highest BCUT2D eigenvalue weighted by molar-refractivity contribution is 7.92.